The molecule has 0 bridgehead atoms. The molecule has 19 heavy (non-hydrogen) atoms. The minimum absolute atomic E-state index is 0.0363. The van der Waals surface area contributed by atoms with Crippen LogP contribution in [0.4, 0.5) is 0 Å². The van der Waals surface area contributed by atoms with Crippen LogP contribution in [0.3, 0.4) is 0 Å². The Balaban J connectivity index is 2.47. The first-order chi connectivity index (χ1) is 8.88. The van der Waals surface area contributed by atoms with E-state index in [2.05, 4.69) is 0 Å². The van der Waals surface area contributed by atoms with Gasteiger partial charge in [-0.05, 0) is 49.2 Å². The summed E-state index contributed by atoms with van der Waals surface area (Å²) in [4.78, 5) is 0.829. The summed E-state index contributed by atoms with van der Waals surface area (Å²) in [5.41, 5.74) is 1.08. The van der Waals surface area contributed by atoms with Crippen LogP contribution in [-0.4, -0.2) is 20.4 Å². The maximum absolute atomic E-state index is 9.94. The van der Waals surface area contributed by atoms with Crippen molar-refractivity contribution in [3.63, 3.8) is 0 Å². The van der Waals surface area contributed by atoms with E-state index in [0.29, 0.717) is 20.9 Å². The van der Waals surface area contributed by atoms with Crippen LogP contribution >= 0.6 is 11.8 Å². The normalized spacial score (nSPS) is 10.6. The average molecular weight is 278 g/mol. The highest BCUT2D eigenvalue weighted by Gasteiger charge is 2.13. The van der Waals surface area contributed by atoms with Gasteiger partial charge in [0.25, 0.3) is 0 Å². The molecule has 4 nitrogen and oxygen atoms in total. The number of hydrogen-bond acceptors (Lipinski definition) is 5. The van der Waals surface area contributed by atoms with E-state index in [1.165, 1.54) is 24.3 Å². The maximum atomic E-state index is 9.94. The fraction of sp³-hybridized carbons (Fsp3) is 0.143. The molecule has 0 spiro atoms. The van der Waals surface area contributed by atoms with Gasteiger partial charge in [0.2, 0.25) is 0 Å². The minimum atomic E-state index is 0.0363. The summed E-state index contributed by atoms with van der Waals surface area (Å²) < 4.78 is 0. The maximum Gasteiger partial charge on any atom is 0.132 e. The number of hydrogen-bond donors (Lipinski definition) is 4. The molecule has 0 heterocycles. The van der Waals surface area contributed by atoms with Crippen molar-refractivity contribution in [3.05, 3.63) is 35.4 Å². The van der Waals surface area contributed by atoms with Crippen molar-refractivity contribution in [2.24, 2.45) is 0 Å². The zero-order valence-electron chi connectivity index (χ0n) is 10.5. The zero-order valence-corrected chi connectivity index (χ0v) is 11.3. The minimum Gasteiger partial charge on any atom is -0.508 e. The first-order valence-corrected chi connectivity index (χ1v) is 6.43. The van der Waals surface area contributed by atoms with Crippen LogP contribution in [0, 0.1) is 13.8 Å². The van der Waals surface area contributed by atoms with Crippen LogP contribution in [-0.2, 0) is 0 Å². The van der Waals surface area contributed by atoms with Crippen molar-refractivity contribution in [3.8, 4) is 23.0 Å². The summed E-state index contributed by atoms with van der Waals surface area (Å²) in [5.74, 6) is 0.162. The number of benzene rings is 2. The smallest absolute Gasteiger partial charge is 0.132 e. The van der Waals surface area contributed by atoms with Crippen LogP contribution in [0.1, 0.15) is 11.1 Å². The summed E-state index contributed by atoms with van der Waals surface area (Å²) in [6, 6.07) is 5.72. The Labute approximate surface area is 115 Å². The van der Waals surface area contributed by atoms with Gasteiger partial charge in [0, 0.05) is 0 Å². The lowest BCUT2D eigenvalue weighted by Gasteiger charge is -2.11. The predicted molar refractivity (Wildman–Crippen MR) is 73.1 cm³/mol. The molecule has 4 N–H and O–H groups in total. The van der Waals surface area contributed by atoms with Gasteiger partial charge in [0.1, 0.15) is 23.0 Å². The molecule has 0 radical (unpaired) electrons. The third-order valence-electron chi connectivity index (χ3n) is 2.72. The van der Waals surface area contributed by atoms with Gasteiger partial charge < -0.3 is 20.4 Å². The fourth-order valence-electron chi connectivity index (χ4n) is 1.73. The standard InChI is InChI=1S/C14H14O4S/c1-7-3-9(15)5-11(13(7)17)19-12-6-10(16)4-8(2)14(12)18/h3-6,15-18H,1-2H3. The highest BCUT2D eigenvalue weighted by Crippen LogP contribution is 2.43. The second kappa shape index (κ2) is 4.93. The molecule has 0 saturated carbocycles. The van der Waals surface area contributed by atoms with Crippen molar-refractivity contribution in [1.82, 2.24) is 0 Å². The number of phenols is 4. The molecule has 0 atom stereocenters. The van der Waals surface area contributed by atoms with Gasteiger partial charge in [-0.25, -0.2) is 0 Å². The molecular weight excluding hydrogens is 264 g/mol. The first-order valence-electron chi connectivity index (χ1n) is 5.61. The first kappa shape index (κ1) is 13.4. The van der Waals surface area contributed by atoms with Crippen molar-refractivity contribution >= 4 is 11.8 Å². The number of rotatable bonds is 2. The molecule has 0 amide bonds. The lowest BCUT2D eigenvalue weighted by molar-refractivity contribution is 0.441. The largest absolute Gasteiger partial charge is 0.508 e. The summed E-state index contributed by atoms with van der Waals surface area (Å²) in [6.07, 6.45) is 0. The van der Waals surface area contributed by atoms with Gasteiger partial charge >= 0.3 is 0 Å². The Morgan fingerprint density at radius 3 is 1.42 bits per heavy atom. The summed E-state index contributed by atoms with van der Waals surface area (Å²) in [7, 11) is 0. The number of aromatic hydroxyl groups is 4. The molecule has 0 unspecified atom stereocenters. The quantitative estimate of drug-likeness (QED) is 0.634. The van der Waals surface area contributed by atoms with E-state index in [4.69, 9.17) is 0 Å². The van der Waals surface area contributed by atoms with Gasteiger partial charge in [-0.2, -0.15) is 0 Å². The molecule has 0 aliphatic rings. The van der Waals surface area contributed by atoms with Crippen molar-refractivity contribution in [2.45, 2.75) is 23.6 Å². The summed E-state index contributed by atoms with van der Waals surface area (Å²) in [5, 5.41) is 39.0. The van der Waals surface area contributed by atoms with Crippen molar-refractivity contribution < 1.29 is 20.4 Å². The third-order valence-corrected chi connectivity index (χ3v) is 3.78. The van der Waals surface area contributed by atoms with Crippen LogP contribution in [0.2, 0.25) is 0 Å². The van der Waals surface area contributed by atoms with E-state index in [-0.39, 0.29) is 23.0 Å². The zero-order chi connectivity index (χ0) is 14.2. The monoisotopic (exact) mass is 278 g/mol. The lowest BCUT2D eigenvalue weighted by Crippen LogP contribution is -1.83. The van der Waals surface area contributed by atoms with Gasteiger partial charge in [-0.3, -0.25) is 0 Å². The third kappa shape index (κ3) is 2.71. The van der Waals surface area contributed by atoms with E-state index in [1.807, 2.05) is 0 Å². The van der Waals surface area contributed by atoms with E-state index in [0.717, 1.165) is 11.8 Å². The van der Waals surface area contributed by atoms with Gasteiger partial charge in [0.15, 0.2) is 0 Å². The second-order valence-corrected chi connectivity index (χ2v) is 5.40. The molecule has 100 valence electrons. The average Bonchev–Trinajstić information content (AvgIpc) is 2.31. The number of aryl methyl sites for hydroxylation is 2. The van der Waals surface area contributed by atoms with Crippen molar-refractivity contribution in [1.29, 1.82) is 0 Å². The fourth-order valence-corrected chi connectivity index (χ4v) is 2.84. The predicted octanol–water partition coefficient (Wildman–Crippen LogP) is 3.28. The Hall–Kier alpha value is -2.01. The molecule has 0 saturated heterocycles. The Morgan fingerprint density at radius 2 is 1.05 bits per heavy atom. The van der Waals surface area contributed by atoms with E-state index in [1.54, 1.807) is 13.8 Å². The van der Waals surface area contributed by atoms with Crippen LogP contribution in [0.25, 0.3) is 0 Å². The number of phenolic OH excluding ortho intramolecular Hbond substituents is 4. The Bertz CT molecular complexity index is 582. The molecule has 2 aromatic carbocycles. The van der Waals surface area contributed by atoms with Gasteiger partial charge in [-0.1, -0.05) is 11.8 Å². The van der Waals surface area contributed by atoms with Gasteiger partial charge in [-0.15, -0.1) is 0 Å². The topological polar surface area (TPSA) is 80.9 Å². The molecule has 0 aliphatic heterocycles. The van der Waals surface area contributed by atoms with E-state index in [9.17, 15) is 20.4 Å². The lowest BCUT2D eigenvalue weighted by atomic mass is 10.2. The van der Waals surface area contributed by atoms with Crippen molar-refractivity contribution in [2.75, 3.05) is 0 Å². The molecule has 0 fully saturated rings. The molecular formula is C14H14O4S. The molecule has 0 aliphatic carbocycles. The van der Waals surface area contributed by atoms with E-state index < -0.39 is 0 Å². The Morgan fingerprint density at radius 1 is 0.684 bits per heavy atom. The van der Waals surface area contributed by atoms with Crippen LogP contribution in [0.5, 0.6) is 23.0 Å². The molecule has 2 rings (SSSR count). The summed E-state index contributed by atoms with van der Waals surface area (Å²) >= 11 is 1.08. The van der Waals surface area contributed by atoms with Gasteiger partial charge in [0.05, 0.1) is 9.79 Å². The highest BCUT2D eigenvalue weighted by molar-refractivity contribution is 7.99. The molecule has 5 heteroatoms. The summed E-state index contributed by atoms with van der Waals surface area (Å²) in [6.45, 7) is 3.35. The molecule has 2 aromatic rings. The van der Waals surface area contributed by atoms with Crippen LogP contribution < -0.4 is 0 Å². The Kier molecular flexibility index (Phi) is 3.48. The van der Waals surface area contributed by atoms with E-state index >= 15 is 0 Å². The second-order valence-electron chi connectivity index (χ2n) is 4.32. The SMILES string of the molecule is Cc1cc(O)cc(Sc2cc(O)cc(C)c2O)c1O. The molecule has 0 aromatic heterocycles. The highest BCUT2D eigenvalue weighted by atomic mass is 32.2. The van der Waals surface area contributed by atoms with Crippen LogP contribution in [0.15, 0.2) is 34.1 Å².